The van der Waals surface area contributed by atoms with Gasteiger partial charge in [0.15, 0.2) is 5.92 Å². The molecule has 0 spiro atoms. The molecule has 3 rings (SSSR count). The standard InChI is InChI=1S/C20H26N4O4/c1-14-4-5-16(12-15(14)2)24-19(26)17(18(25)22-20(24)27)13-21-6-3-7-23-8-10-28-11-9-23/h4-5,12-13,17H,3,6-11H2,1-2H3,(H,22,25,27)/t17-/m1/s1. The van der Waals surface area contributed by atoms with Crippen LogP contribution in [0.25, 0.3) is 0 Å². The van der Waals surface area contributed by atoms with Crippen molar-refractivity contribution in [3.63, 3.8) is 0 Å². The van der Waals surface area contributed by atoms with E-state index >= 15 is 0 Å². The Morgan fingerprint density at radius 2 is 1.93 bits per heavy atom. The van der Waals surface area contributed by atoms with Gasteiger partial charge in [-0.1, -0.05) is 6.07 Å². The van der Waals surface area contributed by atoms with Crippen LogP contribution in [0.2, 0.25) is 0 Å². The van der Waals surface area contributed by atoms with Crippen LogP contribution in [-0.2, 0) is 14.3 Å². The fourth-order valence-electron chi connectivity index (χ4n) is 3.22. The second-order valence-electron chi connectivity index (χ2n) is 7.08. The number of nitrogens with one attached hydrogen (secondary N) is 1. The zero-order valence-corrected chi connectivity index (χ0v) is 16.3. The van der Waals surface area contributed by atoms with Crippen molar-refractivity contribution in [2.75, 3.05) is 44.3 Å². The van der Waals surface area contributed by atoms with Crippen molar-refractivity contribution in [3.05, 3.63) is 29.3 Å². The van der Waals surface area contributed by atoms with Gasteiger partial charge in [0.2, 0.25) is 5.91 Å². The van der Waals surface area contributed by atoms with Gasteiger partial charge < -0.3 is 4.74 Å². The molecular formula is C20H26N4O4. The third kappa shape index (κ3) is 4.63. The highest BCUT2D eigenvalue weighted by Gasteiger charge is 2.40. The minimum atomic E-state index is -1.09. The van der Waals surface area contributed by atoms with Crippen LogP contribution in [0.5, 0.6) is 0 Å². The van der Waals surface area contributed by atoms with Gasteiger partial charge in [-0.2, -0.15) is 0 Å². The normalized spacial score (nSPS) is 21.4. The Bertz CT molecular complexity index is 786. The zero-order valence-electron chi connectivity index (χ0n) is 16.3. The lowest BCUT2D eigenvalue weighted by Gasteiger charge is -2.29. The predicted molar refractivity (Wildman–Crippen MR) is 106 cm³/mol. The smallest absolute Gasteiger partial charge is 0.335 e. The first-order valence-corrected chi connectivity index (χ1v) is 9.53. The number of carbonyl (C=O) groups excluding carboxylic acids is 3. The van der Waals surface area contributed by atoms with Crippen LogP contribution in [0.3, 0.4) is 0 Å². The lowest BCUT2D eigenvalue weighted by Crippen LogP contribution is -2.58. The third-order valence-electron chi connectivity index (χ3n) is 5.07. The van der Waals surface area contributed by atoms with Crippen molar-refractivity contribution >= 4 is 29.7 Å². The quantitative estimate of drug-likeness (QED) is 0.452. The number of barbiturate groups is 1. The molecule has 1 aromatic carbocycles. The van der Waals surface area contributed by atoms with Gasteiger partial charge in [0.1, 0.15) is 0 Å². The van der Waals surface area contributed by atoms with Crippen molar-refractivity contribution in [2.45, 2.75) is 20.3 Å². The molecule has 2 heterocycles. The van der Waals surface area contributed by atoms with Crippen LogP contribution in [0, 0.1) is 19.8 Å². The summed E-state index contributed by atoms with van der Waals surface area (Å²) in [5, 5.41) is 2.25. The van der Waals surface area contributed by atoms with E-state index < -0.39 is 23.8 Å². The molecule has 1 N–H and O–H groups in total. The number of rotatable bonds is 6. The topological polar surface area (TPSA) is 91.3 Å². The summed E-state index contributed by atoms with van der Waals surface area (Å²) in [5.41, 5.74) is 2.47. The first-order chi connectivity index (χ1) is 13.5. The van der Waals surface area contributed by atoms with Gasteiger partial charge in [-0.05, 0) is 43.5 Å². The van der Waals surface area contributed by atoms with E-state index in [0.717, 1.165) is 55.3 Å². The summed E-state index contributed by atoms with van der Waals surface area (Å²) in [4.78, 5) is 44.7. The number of aliphatic imine (C=N–C) groups is 1. The van der Waals surface area contributed by atoms with E-state index in [2.05, 4.69) is 15.2 Å². The second kappa shape index (κ2) is 9.07. The van der Waals surface area contributed by atoms with E-state index in [1.165, 1.54) is 6.21 Å². The lowest BCUT2D eigenvalue weighted by molar-refractivity contribution is -0.131. The summed E-state index contributed by atoms with van der Waals surface area (Å²) < 4.78 is 5.31. The third-order valence-corrected chi connectivity index (χ3v) is 5.07. The summed E-state index contributed by atoms with van der Waals surface area (Å²) in [5.74, 6) is -2.30. The maximum absolute atomic E-state index is 12.8. The maximum atomic E-state index is 12.8. The number of urea groups is 1. The van der Waals surface area contributed by atoms with Crippen molar-refractivity contribution in [1.29, 1.82) is 0 Å². The van der Waals surface area contributed by atoms with Gasteiger partial charge in [0.05, 0.1) is 18.9 Å². The SMILES string of the molecule is Cc1ccc(N2C(=O)NC(=O)[C@@H](C=NCCCN3CCOCC3)C2=O)cc1C. The molecule has 0 aliphatic carbocycles. The van der Waals surface area contributed by atoms with E-state index in [4.69, 9.17) is 4.74 Å². The van der Waals surface area contributed by atoms with Crippen LogP contribution >= 0.6 is 0 Å². The average Bonchev–Trinajstić information content (AvgIpc) is 2.67. The summed E-state index contributed by atoms with van der Waals surface area (Å²) in [7, 11) is 0. The molecule has 1 atom stereocenters. The minimum Gasteiger partial charge on any atom is -0.379 e. The molecule has 28 heavy (non-hydrogen) atoms. The Kier molecular flexibility index (Phi) is 6.53. The molecule has 0 aromatic heterocycles. The number of benzene rings is 1. The van der Waals surface area contributed by atoms with Gasteiger partial charge in [0, 0.05) is 32.4 Å². The van der Waals surface area contributed by atoms with Gasteiger partial charge in [-0.15, -0.1) is 0 Å². The summed E-state index contributed by atoms with van der Waals surface area (Å²) in [6, 6.07) is 4.58. The summed E-state index contributed by atoms with van der Waals surface area (Å²) in [6.45, 7) is 8.62. The first kappa shape index (κ1) is 20.2. The number of aryl methyl sites for hydroxylation is 2. The van der Waals surface area contributed by atoms with Crippen molar-refractivity contribution < 1.29 is 19.1 Å². The number of nitrogens with zero attached hydrogens (tertiary/aromatic N) is 3. The molecule has 0 unspecified atom stereocenters. The van der Waals surface area contributed by atoms with E-state index in [1.807, 2.05) is 19.9 Å². The van der Waals surface area contributed by atoms with E-state index in [-0.39, 0.29) is 0 Å². The molecule has 2 aliphatic heterocycles. The number of hydrogen-bond donors (Lipinski definition) is 1. The van der Waals surface area contributed by atoms with Crippen molar-refractivity contribution in [3.8, 4) is 0 Å². The van der Waals surface area contributed by atoms with Crippen LogP contribution in [0.4, 0.5) is 10.5 Å². The average molecular weight is 386 g/mol. The van der Waals surface area contributed by atoms with Crippen molar-refractivity contribution in [1.82, 2.24) is 10.2 Å². The van der Waals surface area contributed by atoms with Crippen LogP contribution in [0.1, 0.15) is 17.5 Å². The lowest BCUT2D eigenvalue weighted by atomic mass is 10.0. The molecule has 2 aliphatic rings. The molecule has 8 nitrogen and oxygen atoms in total. The highest BCUT2D eigenvalue weighted by atomic mass is 16.5. The van der Waals surface area contributed by atoms with E-state index in [9.17, 15) is 14.4 Å². The Balaban J connectivity index is 1.61. The molecule has 2 fully saturated rings. The molecule has 2 saturated heterocycles. The molecule has 1 aromatic rings. The molecule has 4 amide bonds. The fourth-order valence-corrected chi connectivity index (χ4v) is 3.22. The van der Waals surface area contributed by atoms with Crippen LogP contribution in [-0.4, -0.2) is 68.4 Å². The number of anilines is 1. The minimum absolute atomic E-state index is 0.448. The molecule has 0 saturated carbocycles. The molecule has 0 bridgehead atoms. The zero-order chi connectivity index (χ0) is 20.1. The second-order valence-corrected chi connectivity index (χ2v) is 7.08. The van der Waals surface area contributed by atoms with Crippen LogP contribution in [0.15, 0.2) is 23.2 Å². The van der Waals surface area contributed by atoms with Crippen molar-refractivity contribution in [2.24, 2.45) is 10.9 Å². The number of morpholine rings is 1. The molecule has 150 valence electrons. The van der Waals surface area contributed by atoms with Gasteiger partial charge in [-0.3, -0.25) is 24.8 Å². The Hall–Kier alpha value is -2.58. The Morgan fingerprint density at radius 3 is 2.64 bits per heavy atom. The molecular weight excluding hydrogens is 360 g/mol. The summed E-state index contributed by atoms with van der Waals surface area (Å²) >= 11 is 0. The van der Waals surface area contributed by atoms with Gasteiger partial charge >= 0.3 is 6.03 Å². The maximum Gasteiger partial charge on any atom is 0.335 e. The first-order valence-electron chi connectivity index (χ1n) is 9.53. The largest absolute Gasteiger partial charge is 0.379 e. The van der Waals surface area contributed by atoms with Gasteiger partial charge in [-0.25, -0.2) is 9.69 Å². The predicted octanol–water partition coefficient (Wildman–Crippen LogP) is 1.30. The Labute approximate surface area is 164 Å². The Morgan fingerprint density at radius 1 is 1.18 bits per heavy atom. The van der Waals surface area contributed by atoms with E-state index in [1.54, 1.807) is 12.1 Å². The number of ether oxygens (including phenoxy) is 1. The number of amides is 4. The monoisotopic (exact) mass is 386 g/mol. The number of carbonyl (C=O) groups is 3. The summed E-state index contributed by atoms with van der Waals surface area (Å²) in [6.07, 6.45) is 2.19. The van der Waals surface area contributed by atoms with Gasteiger partial charge in [0.25, 0.3) is 5.91 Å². The molecule has 0 radical (unpaired) electrons. The molecule has 8 heteroatoms. The fraction of sp³-hybridized carbons (Fsp3) is 0.500. The van der Waals surface area contributed by atoms with E-state index in [0.29, 0.717) is 12.2 Å². The number of imide groups is 2. The highest BCUT2D eigenvalue weighted by Crippen LogP contribution is 2.23. The highest BCUT2D eigenvalue weighted by molar-refractivity contribution is 6.32. The van der Waals surface area contributed by atoms with Crippen LogP contribution < -0.4 is 10.2 Å². The number of hydrogen-bond acceptors (Lipinski definition) is 6.